The van der Waals surface area contributed by atoms with E-state index in [1.54, 1.807) is 0 Å². The van der Waals surface area contributed by atoms with E-state index in [0.717, 1.165) is 12.8 Å². The highest BCUT2D eigenvalue weighted by Crippen LogP contribution is 2.54. The molecule has 76 valence electrons. The third kappa shape index (κ3) is 1.56. The van der Waals surface area contributed by atoms with Gasteiger partial charge in [-0.25, -0.2) is 0 Å². The molecule has 1 aromatic carbocycles. The fourth-order valence-electron chi connectivity index (χ4n) is 2.17. The Morgan fingerprint density at radius 3 is 2.43 bits per heavy atom. The molecule has 2 nitrogen and oxygen atoms in total. The molecule has 0 spiro atoms. The normalized spacial score (nSPS) is 20.4. The van der Waals surface area contributed by atoms with Crippen LogP contribution in [0.1, 0.15) is 24.4 Å². The summed E-state index contributed by atoms with van der Waals surface area (Å²) in [6.45, 7) is 0.285. The van der Waals surface area contributed by atoms with Gasteiger partial charge in [0.2, 0.25) is 0 Å². The van der Waals surface area contributed by atoms with Crippen LogP contribution in [0.5, 0.6) is 0 Å². The van der Waals surface area contributed by atoms with E-state index in [1.165, 1.54) is 5.56 Å². The summed E-state index contributed by atoms with van der Waals surface area (Å²) in [7, 11) is 1.97. The zero-order chi connectivity index (χ0) is 10.0. The van der Waals surface area contributed by atoms with Gasteiger partial charge in [0.15, 0.2) is 0 Å². The molecular formula is C12H17NO. The highest BCUT2D eigenvalue weighted by molar-refractivity contribution is 5.24. The van der Waals surface area contributed by atoms with E-state index < -0.39 is 0 Å². The highest BCUT2D eigenvalue weighted by Gasteiger charge is 2.48. The molecule has 2 rings (SSSR count). The second kappa shape index (κ2) is 3.71. The van der Waals surface area contributed by atoms with Gasteiger partial charge in [-0.3, -0.25) is 0 Å². The van der Waals surface area contributed by atoms with Gasteiger partial charge in [-0.05, 0) is 25.5 Å². The first-order valence-electron chi connectivity index (χ1n) is 5.15. The van der Waals surface area contributed by atoms with Crippen molar-refractivity contribution in [3.63, 3.8) is 0 Å². The van der Waals surface area contributed by atoms with Gasteiger partial charge < -0.3 is 10.4 Å². The van der Waals surface area contributed by atoms with Crippen molar-refractivity contribution in [2.75, 3.05) is 13.7 Å². The molecule has 0 aliphatic heterocycles. The summed E-state index contributed by atoms with van der Waals surface area (Å²) in [5, 5.41) is 12.7. The van der Waals surface area contributed by atoms with Gasteiger partial charge in [-0.15, -0.1) is 0 Å². The van der Waals surface area contributed by atoms with E-state index in [0.29, 0.717) is 6.04 Å². The second-order valence-corrected chi connectivity index (χ2v) is 4.15. The average molecular weight is 191 g/mol. The van der Waals surface area contributed by atoms with E-state index in [4.69, 9.17) is 0 Å². The molecular weight excluding hydrogens is 174 g/mol. The minimum absolute atomic E-state index is 0.107. The summed E-state index contributed by atoms with van der Waals surface area (Å²) in [6, 6.07) is 10.7. The maximum atomic E-state index is 9.38. The largest absolute Gasteiger partial charge is 0.396 e. The first-order chi connectivity index (χ1) is 6.82. The summed E-state index contributed by atoms with van der Waals surface area (Å²) in [4.78, 5) is 0. The maximum absolute atomic E-state index is 9.38. The van der Waals surface area contributed by atoms with Crippen LogP contribution in [0.3, 0.4) is 0 Å². The monoisotopic (exact) mass is 191 g/mol. The van der Waals surface area contributed by atoms with E-state index in [1.807, 2.05) is 25.2 Å². The molecule has 1 aliphatic carbocycles. The van der Waals surface area contributed by atoms with E-state index in [2.05, 4.69) is 17.4 Å². The van der Waals surface area contributed by atoms with Crippen LogP contribution in [-0.2, 0) is 0 Å². The van der Waals surface area contributed by atoms with Crippen molar-refractivity contribution >= 4 is 0 Å². The van der Waals surface area contributed by atoms with Crippen LogP contribution in [0.15, 0.2) is 30.3 Å². The minimum Gasteiger partial charge on any atom is -0.396 e. The van der Waals surface area contributed by atoms with Crippen molar-refractivity contribution in [3.8, 4) is 0 Å². The molecule has 14 heavy (non-hydrogen) atoms. The van der Waals surface area contributed by atoms with Crippen molar-refractivity contribution in [2.24, 2.45) is 5.41 Å². The summed E-state index contributed by atoms with van der Waals surface area (Å²) in [5.74, 6) is 0. The number of aliphatic hydroxyl groups is 1. The van der Waals surface area contributed by atoms with Gasteiger partial charge >= 0.3 is 0 Å². The Bertz CT molecular complexity index is 292. The van der Waals surface area contributed by atoms with Crippen molar-refractivity contribution in [1.82, 2.24) is 5.32 Å². The predicted molar refractivity (Wildman–Crippen MR) is 57.0 cm³/mol. The molecule has 0 amide bonds. The highest BCUT2D eigenvalue weighted by atomic mass is 16.3. The quantitative estimate of drug-likeness (QED) is 0.759. The molecule has 0 saturated heterocycles. The Morgan fingerprint density at radius 2 is 2.00 bits per heavy atom. The third-order valence-corrected chi connectivity index (χ3v) is 3.24. The van der Waals surface area contributed by atoms with E-state index in [9.17, 15) is 5.11 Å². The standard InChI is InChI=1S/C12H17NO/c1-13-11(12(9-14)7-8-12)10-5-3-2-4-6-10/h2-6,11,13-14H,7-9H2,1H3. The van der Waals surface area contributed by atoms with E-state index in [-0.39, 0.29) is 12.0 Å². The maximum Gasteiger partial charge on any atom is 0.0505 e. The summed E-state index contributed by atoms with van der Waals surface area (Å²) in [6.07, 6.45) is 2.26. The van der Waals surface area contributed by atoms with Crippen molar-refractivity contribution < 1.29 is 5.11 Å². The molecule has 1 atom stereocenters. The Labute approximate surface area is 85.0 Å². The molecule has 1 fully saturated rings. The average Bonchev–Trinajstić information content (AvgIpc) is 3.02. The smallest absolute Gasteiger partial charge is 0.0505 e. The molecule has 0 radical (unpaired) electrons. The van der Waals surface area contributed by atoms with E-state index >= 15 is 0 Å². The van der Waals surface area contributed by atoms with Crippen LogP contribution in [0, 0.1) is 5.41 Å². The lowest BCUT2D eigenvalue weighted by molar-refractivity contribution is 0.175. The number of hydrogen-bond donors (Lipinski definition) is 2. The lowest BCUT2D eigenvalue weighted by Gasteiger charge is -2.25. The van der Waals surface area contributed by atoms with Gasteiger partial charge in [0.25, 0.3) is 0 Å². The predicted octanol–water partition coefficient (Wildman–Crippen LogP) is 1.72. The van der Waals surface area contributed by atoms with Crippen LogP contribution in [0.4, 0.5) is 0 Å². The number of aliphatic hydroxyl groups excluding tert-OH is 1. The van der Waals surface area contributed by atoms with Gasteiger partial charge in [0, 0.05) is 11.5 Å². The molecule has 2 N–H and O–H groups in total. The van der Waals surface area contributed by atoms with Crippen LogP contribution in [0.2, 0.25) is 0 Å². The number of rotatable bonds is 4. The van der Waals surface area contributed by atoms with Crippen LogP contribution >= 0.6 is 0 Å². The summed E-state index contributed by atoms with van der Waals surface area (Å²) < 4.78 is 0. The molecule has 0 bridgehead atoms. The molecule has 1 aliphatic rings. The van der Waals surface area contributed by atoms with Gasteiger partial charge in [-0.1, -0.05) is 30.3 Å². The van der Waals surface area contributed by atoms with Crippen LogP contribution in [0.25, 0.3) is 0 Å². The Kier molecular flexibility index (Phi) is 2.57. The van der Waals surface area contributed by atoms with Crippen molar-refractivity contribution in [2.45, 2.75) is 18.9 Å². The lowest BCUT2D eigenvalue weighted by atomic mass is 9.91. The number of hydrogen-bond acceptors (Lipinski definition) is 2. The van der Waals surface area contributed by atoms with Gasteiger partial charge in [0.05, 0.1) is 6.61 Å². The number of nitrogens with one attached hydrogen (secondary N) is 1. The van der Waals surface area contributed by atoms with Crippen molar-refractivity contribution in [3.05, 3.63) is 35.9 Å². The molecule has 1 unspecified atom stereocenters. The molecule has 1 saturated carbocycles. The van der Waals surface area contributed by atoms with Crippen LogP contribution < -0.4 is 5.32 Å². The molecule has 0 aromatic heterocycles. The topological polar surface area (TPSA) is 32.3 Å². The van der Waals surface area contributed by atoms with Crippen LogP contribution in [-0.4, -0.2) is 18.8 Å². The number of benzene rings is 1. The van der Waals surface area contributed by atoms with Gasteiger partial charge in [-0.2, -0.15) is 0 Å². The Morgan fingerprint density at radius 1 is 1.36 bits per heavy atom. The molecule has 1 aromatic rings. The van der Waals surface area contributed by atoms with Gasteiger partial charge in [0.1, 0.15) is 0 Å². The molecule has 0 heterocycles. The molecule has 2 heteroatoms. The zero-order valence-corrected chi connectivity index (χ0v) is 8.53. The second-order valence-electron chi connectivity index (χ2n) is 4.15. The fraction of sp³-hybridized carbons (Fsp3) is 0.500. The SMILES string of the molecule is CNC(c1ccccc1)C1(CO)CC1. The summed E-state index contributed by atoms with van der Waals surface area (Å²) >= 11 is 0. The first-order valence-corrected chi connectivity index (χ1v) is 5.15. The van der Waals surface area contributed by atoms with Crippen molar-refractivity contribution in [1.29, 1.82) is 0 Å². The Hall–Kier alpha value is -0.860. The third-order valence-electron chi connectivity index (χ3n) is 3.24. The Balaban J connectivity index is 2.22. The zero-order valence-electron chi connectivity index (χ0n) is 8.53. The minimum atomic E-state index is 0.107. The lowest BCUT2D eigenvalue weighted by Crippen LogP contribution is -2.29. The summed E-state index contributed by atoms with van der Waals surface area (Å²) in [5.41, 5.74) is 1.39. The first kappa shape index (κ1) is 9.69. The fourth-order valence-corrected chi connectivity index (χ4v) is 2.17.